The van der Waals surface area contributed by atoms with E-state index in [0.717, 1.165) is 16.9 Å². The van der Waals surface area contributed by atoms with Gasteiger partial charge in [-0.1, -0.05) is 12.1 Å². The number of imidazole rings is 1. The molecule has 2 rings (SSSR count). The highest BCUT2D eigenvalue weighted by Gasteiger charge is 2.11. The van der Waals surface area contributed by atoms with Gasteiger partial charge in [0.25, 0.3) is 0 Å². The number of carbonyl (C=O) groups excluding carboxylic acids is 2. The van der Waals surface area contributed by atoms with Gasteiger partial charge in [-0.15, -0.1) is 0 Å². The average Bonchev–Trinajstić information content (AvgIpc) is 2.79. The Bertz CT molecular complexity index is 663. The molecule has 0 aliphatic rings. The number of benzene rings is 1. The zero-order chi connectivity index (χ0) is 15.9. The number of Topliss-reactive ketones (excluding diaryl/α,β-unsaturated/α-hetero) is 1. The molecule has 118 valence electrons. The predicted molar refractivity (Wildman–Crippen MR) is 81.5 cm³/mol. The van der Waals surface area contributed by atoms with Gasteiger partial charge in [0.1, 0.15) is 18.9 Å². The Morgan fingerprint density at radius 3 is 2.82 bits per heavy atom. The summed E-state index contributed by atoms with van der Waals surface area (Å²) in [7, 11) is 0. The van der Waals surface area contributed by atoms with Crippen LogP contribution in [0.5, 0.6) is 0 Å². The number of carbonyl (C=O) groups is 2. The maximum absolute atomic E-state index is 11.5. The zero-order valence-corrected chi connectivity index (χ0v) is 12.9. The lowest BCUT2D eigenvalue weighted by molar-refractivity contribution is -0.146. The van der Waals surface area contributed by atoms with E-state index in [4.69, 9.17) is 9.47 Å². The van der Waals surface area contributed by atoms with Crippen LogP contribution in [-0.2, 0) is 25.6 Å². The number of para-hydroxylation sites is 2. The minimum Gasteiger partial charge on any atom is -0.466 e. The number of hydrogen-bond donors (Lipinski definition) is 0. The van der Waals surface area contributed by atoms with Crippen molar-refractivity contribution in [3.05, 3.63) is 30.1 Å². The second kappa shape index (κ2) is 7.70. The van der Waals surface area contributed by atoms with E-state index in [9.17, 15) is 9.59 Å². The summed E-state index contributed by atoms with van der Waals surface area (Å²) in [4.78, 5) is 27.1. The molecule has 2 aromatic rings. The first-order valence-corrected chi connectivity index (χ1v) is 7.28. The number of esters is 1. The normalized spacial score (nSPS) is 10.8. The molecule has 0 bridgehead atoms. The van der Waals surface area contributed by atoms with Crippen LogP contribution in [0.25, 0.3) is 11.0 Å². The molecular formula is C16H20N2O4. The molecule has 0 unspecified atom stereocenters. The summed E-state index contributed by atoms with van der Waals surface area (Å²) in [6.07, 6.45) is -0.235. The second-order valence-electron chi connectivity index (χ2n) is 4.87. The lowest BCUT2D eigenvalue weighted by Gasteiger charge is -2.07. The summed E-state index contributed by atoms with van der Waals surface area (Å²) in [5, 5.41) is 0. The average molecular weight is 304 g/mol. The van der Waals surface area contributed by atoms with E-state index < -0.39 is 5.97 Å². The number of rotatable bonds is 8. The van der Waals surface area contributed by atoms with Crippen LogP contribution in [0.3, 0.4) is 0 Å². The molecule has 0 amide bonds. The molecule has 0 saturated heterocycles. The highest BCUT2D eigenvalue weighted by molar-refractivity contribution is 5.96. The van der Waals surface area contributed by atoms with Crippen molar-refractivity contribution in [2.75, 3.05) is 19.8 Å². The maximum Gasteiger partial charge on any atom is 0.313 e. The van der Waals surface area contributed by atoms with E-state index in [2.05, 4.69) is 4.98 Å². The number of aromatic nitrogens is 2. The monoisotopic (exact) mass is 304 g/mol. The van der Waals surface area contributed by atoms with Crippen molar-refractivity contribution in [1.29, 1.82) is 0 Å². The molecule has 0 atom stereocenters. The molecule has 0 fully saturated rings. The summed E-state index contributed by atoms with van der Waals surface area (Å²) in [5.74, 6) is 0.126. The lowest BCUT2D eigenvalue weighted by Crippen LogP contribution is -2.17. The Hall–Kier alpha value is -2.21. The first-order chi connectivity index (χ1) is 10.6. The Labute approximate surface area is 129 Å². The standard InChI is InChI=1S/C16H20N2O4/c1-3-22-16(20)10-13(19)11-21-9-8-18-12(2)17-14-6-4-5-7-15(14)18/h4-7H,3,8-11H2,1-2H3. The van der Waals surface area contributed by atoms with Gasteiger partial charge in [0.15, 0.2) is 5.78 Å². The third-order valence-electron chi connectivity index (χ3n) is 3.21. The molecule has 0 radical (unpaired) electrons. The second-order valence-corrected chi connectivity index (χ2v) is 4.87. The summed E-state index contributed by atoms with van der Waals surface area (Å²) < 4.78 is 12.1. The van der Waals surface area contributed by atoms with Crippen LogP contribution >= 0.6 is 0 Å². The van der Waals surface area contributed by atoms with Gasteiger partial charge in [0.05, 0.1) is 24.2 Å². The van der Waals surface area contributed by atoms with Crippen molar-refractivity contribution in [1.82, 2.24) is 9.55 Å². The lowest BCUT2D eigenvalue weighted by atomic mass is 10.3. The molecule has 1 aromatic heterocycles. The first-order valence-electron chi connectivity index (χ1n) is 7.28. The molecule has 22 heavy (non-hydrogen) atoms. The van der Waals surface area contributed by atoms with E-state index in [1.165, 1.54) is 0 Å². The number of aryl methyl sites for hydroxylation is 1. The number of nitrogens with zero attached hydrogens (tertiary/aromatic N) is 2. The van der Waals surface area contributed by atoms with E-state index >= 15 is 0 Å². The highest BCUT2D eigenvalue weighted by Crippen LogP contribution is 2.14. The van der Waals surface area contributed by atoms with Crippen LogP contribution in [0.15, 0.2) is 24.3 Å². The van der Waals surface area contributed by atoms with E-state index in [0.29, 0.717) is 13.2 Å². The molecule has 6 heteroatoms. The number of ketones is 1. The van der Waals surface area contributed by atoms with Crippen LogP contribution < -0.4 is 0 Å². The Morgan fingerprint density at radius 2 is 2.05 bits per heavy atom. The quantitative estimate of drug-likeness (QED) is 0.423. The summed E-state index contributed by atoms with van der Waals surface area (Å²) in [6.45, 7) is 4.84. The van der Waals surface area contributed by atoms with Crippen LogP contribution in [0.2, 0.25) is 0 Å². The van der Waals surface area contributed by atoms with E-state index in [1.54, 1.807) is 6.92 Å². The van der Waals surface area contributed by atoms with Crippen LogP contribution in [0.1, 0.15) is 19.2 Å². The summed E-state index contributed by atoms with van der Waals surface area (Å²) >= 11 is 0. The smallest absolute Gasteiger partial charge is 0.313 e. The Morgan fingerprint density at radius 1 is 1.27 bits per heavy atom. The van der Waals surface area contributed by atoms with E-state index in [-0.39, 0.29) is 25.4 Å². The Kier molecular flexibility index (Phi) is 5.66. The Balaban J connectivity index is 1.80. The van der Waals surface area contributed by atoms with Gasteiger partial charge in [-0.25, -0.2) is 4.98 Å². The van der Waals surface area contributed by atoms with Gasteiger partial charge in [0.2, 0.25) is 0 Å². The van der Waals surface area contributed by atoms with Crippen molar-refractivity contribution >= 4 is 22.8 Å². The molecule has 0 saturated carbocycles. The van der Waals surface area contributed by atoms with Crippen molar-refractivity contribution in [3.63, 3.8) is 0 Å². The molecule has 0 aliphatic carbocycles. The predicted octanol–water partition coefficient (Wildman–Crippen LogP) is 1.88. The van der Waals surface area contributed by atoms with Gasteiger partial charge in [-0.2, -0.15) is 0 Å². The summed E-state index contributed by atoms with van der Waals surface area (Å²) in [6, 6.07) is 7.87. The fraction of sp³-hybridized carbons (Fsp3) is 0.438. The van der Waals surface area contributed by atoms with Crippen molar-refractivity contribution in [2.45, 2.75) is 26.8 Å². The van der Waals surface area contributed by atoms with Gasteiger partial charge in [0, 0.05) is 6.54 Å². The van der Waals surface area contributed by atoms with Crippen molar-refractivity contribution in [3.8, 4) is 0 Å². The molecule has 0 spiro atoms. The largest absolute Gasteiger partial charge is 0.466 e. The molecule has 0 aliphatic heterocycles. The third kappa shape index (κ3) is 4.14. The van der Waals surface area contributed by atoms with Crippen molar-refractivity contribution < 1.29 is 19.1 Å². The number of hydrogen-bond acceptors (Lipinski definition) is 5. The fourth-order valence-corrected chi connectivity index (χ4v) is 2.24. The van der Waals surface area contributed by atoms with Crippen molar-refractivity contribution in [2.24, 2.45) is 0 Å². The third-order valence-corrected chi connectivity index (χ3v) is 3.21. The topological polar surface area (TPSA) is 70.4 Å². The van der Waals surface area contributed by atoms with Gasteiger partial charge in [-0.05, 0) is 26.0 Å². The zero-order valence-electron chi connectivity index (χ0n) is 12.9. The van der Waals surface area contributed by atoms with Gasteiger partial charge >= 0.3 is 5.97 Å². The SMILES string of the molecule is CCOC(=O)CC(=O)COCCn1c(C)nc2ccccc21. The van der Waals surface area contributed by atoms with Crippen LogP contribution in [0, 0.1) is 6.92 Å². The minimum atomic E-state index is -0.507. The number of ether oxygens (including phenoxy) is 2. The fourth-order valence-electron chi connectivity index (χ4n) is 2.24. The van der Waals surface area contributed by atoms with Crippen LogP contribution in [-0.4, -0.2) is 41.1 Å². The van der Waals surface area contributed by atoms with E-state index in [1.807, 2.05) is 35.8 Å². The maximum atomic E-state index is 11.5. The molecule has 1 heterocycles. The number of fused-ring (bicyclic) bond motifs is 1. The first kappa shape index (κ1) is 16.2. The van der Waals surface area contributed by atoms with Crippen LogP contribution in [0.4, 0.5) is 0 Å². The molecule has 1 aromatic carbocycles. The molecule has 0 N–H and O–H groups in total. The van der Waals surface area contributed by atoms with Gasteiger partial charge in [-0.3, -0.25) is 9.59 Å². The summed E-state index contributed by atoms with van der Waals surface area (Å²) in [5.41, 5.74) is 1.99. The minimum absolute atomic E-state index is 0.0789. The molecular weight excluding hydrogens is 284 g/mol. The van der Waals surface area contributed by atoms with Gasteiger partial charge < -0.3 is 14.0 Å². The highest BCUT2D eigenvalue weighted by atomic mass is 16.5. The molecule has 6 nitrogen and oxygen atoms in total.